The molecule has 0 radical (unpaired) electrons. The highest BCUT2D eigenvalue weighted by Gasteiger charge is 2.08. The molecule has 0 spiro atoms. The zero-order valence-corrected chi connectivity index (χ0v) is 20.5. The van der Waals surface area contributed by atoms with Crippen LogP contribution < -0.4 is 15.4 Å². The minimum atomic E-state index is 0. The van der Waals surface area contributed by atoms with Crippen LogP contribution in [0.5, 0.6) is 5.75 Å². The average molecular weight is 518 g/mol. The van der Waals surface area contributed by atoms with E-state index in [9.17, 15) is 0 Å². The summed E-state index contributed by atoms with van der Waals surface area (Å²) in [5.74, 6) is 1.65. The molecule has 2 N–H and O–H groups in total. The number of aliphatic imine (C=N–C) groups is 1. The number of benzene rings is 1. The van der Waals surface area contributed by atoms with Crippen molar-refractivity contribution in [2.24, 2.45) is 4.99 Å². The first-order chi connectivity index (χ1) is 13.8. The van der Waals surface area contributed by atoms with E-state index in [1.807, 2.05) is 24.3 Å². The zero-order chi connectivity index (χ0) is 19.9. The molecule has 0 bridgehead atoms. The fourth-order valence-electron chi connectivity index (χ4n) is 3.40. The number of nitrogens with zero attached hydrogens (tertiary/aromatic N) is 2. The minimum Gasteiger partial charge on any atom is -0.493 e. The number of rotatable bonds is 12. The Morgan fingerprint density at radius 2 is 1.90 bits per heavy atom. The number of piperidine rings is 1. The summed E-state index contributed by atoms with van der Waals surface area (Å²) in [6.07, 6.45) is 8.76. The normalized spacial score (nSPS) is 14.9. The third kappa shape index (κ3) is 11.6. The van der Waals surface area contributed by atoms with E-state index in [0.29, 0.717) is 13.2 Å². The van der Waals surface area contributed by atoms with Gasteiger partial charge < -0.3 is 25.0 Å². The molecule has 0 amide bonds. The second-order valence-electron chi connectivity index (χ2n) is 7.31. The van der Waals surface area contributed by atoms with Crippen LogP contribution in [0.2, 0.25) is 0 Å². The van der Waals surface area contributed by atoms with Gasteiger partial charge in [0.1, 0.15) is 5.75 Å². The van der Waals surface area contributed by atoms with Crippen molar-refractivity contribution in [2.75, 3.05) is 58.9 Å². The Kier molecular flexibility index (Phi) is 15.0. The maximum absolute atomic E-state index is 5.76. The minimum absolute atomic E-state index is 0. The average Bonchev–Trinajstić information content (AvgIpc) is 2.74. The Morgan fingerprint density at radius 3 is 2.66 bits per heavy atom. The third-order valence-electron chi connectivity index (χ3n) is 4.97. The second-order valence-corrected chi connectivity index (χ2v) is 7.31. The number of likely N-dealkylation sites (tertiary alicyclic amines) is 1. The van der Waals surface area contributed by atoms with Gasteiger partial charge in [-0.3, -0.25) is 4.99 Å². The Balaban J connectivity index is 0.00000420. The number of ether oxygens (including phenoxy) is 2. The molecule has 2 rings (SSSR count). The fourth-order valence-corrected chi connectivity index (χ4v) is 3.40. The lowest BCUT2D eigenvalue weighted by Crippen LogP contribution is -2.32. The van der Waals surface area contributed by atoms with Crippen LogP contribution in [0.3, 0.4) is 0 Å². The summed E-state index contributed by atoms with van der Waals surface area (Å²) in [6.45, 7) is 6.15. The molecule has 0 aromatic heterocycles. The van der Waals surface area contributed by atoms with Crippen molar-refractivity contribution in [1.29, 1.82) is 0 Å². The van der Waals surface area contributed by atoms with Crippen molar-refractivity contribution in [3.05, 3.63) is 24.3 Å². The molecule has 0 saturated carbocycles. The number of halogens is 1. The summed E-state index contributed by atoms with van der Waals surface area (Å²) in [6, 6.07) is 7.98. The molecule has 1 fully saturated rings. The van der Waals surface area contributed by atoms with Gasteiger partial charge in [0.15, 0.2) is 5.96 Å². The molecule has 1 heterocycles. The maximum atomic E-state index is 5.76. The first-order valence-electron chi connectivity index (χ1n) is 10.7. The summed E-state index contributed by atoms with van der Waals surface area (Å²) in [5, 5.41) is 6.74. The van der Waals surface area contributed by atoms with E-state index in [4.69, 9.17) is 9.47 Å². The van der Waals surface area contributed by atoms with Gasteiger partial charge in [0.05, 0.1) is 6.61 Å². The van der Waals surface area contributed by atoms with Crippen molar-refractivity contribution in [3.8, 4) is 5.75 Å². The Morgan fingerprint density at radius 1 is 1.07 bits per heavy atom. The quantitative estimate of drug-likeness (QED) is 0.186. The van der Waals surface area contributed by atoms with Crippen molar-refractivity contribution in [2.45, 2.75) is 44.9 Å². The summed E-state index contributed by atoms with van der Waals surface area (Å²) in [7, 11) is 3.51. The van der Waals surface area contributed by atoms with Crippen LogP contribution >= 0.6 is 24.0 Å². The highest BCUT2D eigenvalue weighted by Crippen LogP contribution is 2.17. The van der Waals surface area contributed by atoms with Gasteiger partial charge in [0.25, 0.3) is 0 Å². The maximum Gasteiger partial charge on any atom is 0.195 e. The molecule has 0 atom stereocenters. The van der Waals surface area contributed by atoms with E-state index in [1.54, 1.807) is 14.2 Å². The second kappa shape index (κ2) is 16.7. The molecule has 1 aliphatic rings. The zero-order valence-electron chi connectivity index (χ0n) is 18.1. The van der Waals surface area contributed by atoms with E-state index >= 15 is 0 Å². The topological polar surface area (TPSA) is 58.1 Å². The fraction of sp³-hybridized carbons (Fsp3) is 0.682. The number of hydrogen-bond donors (Lipinski definition) is 2. The number of anilines is 1. The molecule has 1 saturated heterocycles. The van der Waals surface area contributed by atoms with Crippen molar-refractivity contribution >= 4 is 35.6 Å². The van der Waals surface area contributed by atoms with Gasteiger partial charge in [-0.15, -0.1) is 24.0 Å². The van der Waals surface area contributed by atoms with Crippen LogP contribution in [0.1, 0.15) is 44.9 Å². The first kappa shape index (κ1) is 26.0. The van der Waals surface area contributed by atoms with Gasteiger partial charge in [-0.1, -0.05) is 18.9 Å². The molecule has 1 aromatic carbocycles. The molecule has 7 heteroatoms. The predicted molar refractivity (Wildman–Crippen MR) is 133 cm³/mol. The van der Waals surface area contributed by atoms with Gasteiger partial charge in [0.2, 0.25) is 0 Å². The standard InChI is InChI=1S/C22H38N4O2.HI/c1-23-22(24-13-5-3-6-14-26-15-7-4-8-16-26)25-20-11-9-12-21(19-20)28-18-10-17-27-2;/h9,11-12,19H,3-8,10,13-18H2,1-2H3,(H2,23,24,25);1H. The number of nitrogens with one attached hydrogen (secondary N) is 2. The van der Waals surface area contributed by atoms with Gasteiger partial charge in [0, 0.05) is 45.5 Å². The van der Waals surface area contributed by atoms with Gasteiger partial charge in [-0.2, -0.15) is 0 Å². The first-order valence-corrected chi connectivity index (χ1v) is 10.7. The lowest BCUT2D eigenvalue weighted by Gasteiger charge is -2.26. The molecule has 1 aromatic rings. The van der Waals surface area contributed by atoms with Gasteiger partial charge in [-0.05, 0) is 57.5 Å². The molecule has 29 heavy (non-hydrogen) atoms. The summed E-state index contributed by atoms with van der Waals surface area (Å²) >= 11 is 0. The van der Waals surface area contributed by atoms with E-state index in [1.165, 1.54) is 51.7 Å². The highest BCUT2D eigenvalue weighted by atomic mass is 127. The Hall–Kier alpha value is -1.06. The Bertz CT molecular complexity index is 565. The SMILES string of the molecule is CN=C(NCCCCCN1CCCCC1)Nc1cccc(OCCCOC)c1.I. The predicted octanol–water partition coefficient (Wildman–Crippen LogP) is 4.36. The van der Waals surface area contributed by atoms with Crippen LogP contribution in [0, 0.1) is 0 Å². The molecule has 6 nitrogen and oxygen atoms in total. The molecular weight excluding hydrogens is 479 g/mol. The summed E-state index contributed by atoms with van der Waals surface area (Å²) < 4.78 is 10.8. The Labute approximate surface area is 193 Å². The van der Waals surface area contributed by atoms with E-state index in [0.717, 1.165) is 36.8 Å². The van der Waals surface area contributed by atoms with Gasteiger partial charge in [-0.25, -0.2) is 0 Å². The van der Waals surface area contributed by atoms with Crippen LogP contribution in [0.25, 0.3) is 0 Å². The summed E-state index contributed by atoms with van der Waals surface area (Å²) in [4.78, 5) is 6.93. The lowest BCUT2D eigenvalue weighted by molar-refractivity contribution is 0.172. The number of guanidine groups is 1. The molecule has 0 unspecified atom stereocenters. The number of methoxy groups -OCH3 is 1. The number of unbranched alkanes of at least 4 members (excludes halogenated alkanes) is 2. The molecule has 166 valence electrons. The van der Waals surface area contributed by atoms with Crippen molar-refractivity contribution in [3.63, 3.8) is 0 Å². The third-order valence-corrected chi connectivity index (χ3v) is 4.97. The van der Waals surface area contributed by atoms with Crippen molar-refractivity contribution in [1.82, 2.24) is 10.2 Å². The highest BCUT2D eigenvalue weighted by molar-refractivity contribution is 14.0. The van der Waals surface area contributed by atoms with E-state index in [2.05, 4.69) is 20.5 Å². The van der Waals surface area contributed by atoms with Gasteiger partial charge >= 0.3 is 0 Å². The van der Waals surface area contributed by atoms with Crippen LogP contribution in [0.4, 0.5) is 5.69 Å². The number of hydrogen-bond acceptors (Lipinski definition) is 4. The molecular formula is C22H39IN4O2. The molecule has 1 aliphatic heterocycles. The van der Waals surface area contributed by atoms with Crippen molar-refractivity contribution < 1.29 is 9.47 Å². The largest absolute Gasteiger partial charge is 0.493 e. The lowest BCUT2D eigenvalue weighted by atomic mass is 10.1. The molecule has 0 aliphatic carbocycles. The van der Waals surface area contributed by atoms with E-state index in [-0.39, 0.29) is 24.0 Å². The monoisotopic (exact) mass is 518 g/mol. The van der Waals surface area contributed by atoms with E-state index < -0.39 is 0 Å². The summed E-state index contributed by atoms with van der Waals surface area (Å²) in [5.41, 5.74) is 0.974. The smallest absolute Gasteiger partial charge is 0.195 e. The van der Waals surface area contributed by atoms with Crippen LogP contribution in [0.15, 0.2) is 29.3 Å². The van der Waals surface area contributed by atoms with Crippen LogP contribution in [-0.2, 0) is 4.74 Å². The van der Waals surface area contributed by atoms with Crippen LogP contribution in [-0.4, -0.2) is 64.4 Å².